The Morgan fingerprint density at radius 1 is 1.00 bits per heavy atom. The zero-order valence-electron chi connectivity index (χ0n) is 14.3. The first-order valence-electron chi connectivity index (χ1n) is 8.14. The molecule has 0 aliphatic heterocycles. The lowest BCUT2D eigenvalue weighted by atomic mass is 10.1. The Labute approximate surface area is 159 Å². The largest absolute Gasteiger partial charge is 0.293 e. The molecule has 0 radical (unpaired) electrons. The smallest absolute Gasteiger partial charge is 0.273 e. The average molecular weight is 382 g/mol. The minimum absolute atomic E-state index is 0.116. The predicted octanol–water partition coefficient (Wildman–Crippen LogP) is 5.23. The number of nitrogens with one attached hydrogen (secondary N) is 1. The number of aryl methyl sites for hydroxylation is 2. The number of benzene rings is 2. The monoisotopic (exact) mass is 381 g/mol. The summed E-state index contributed by atoms with van der Waals surface area (Å²) in [6, 6.07) is 17.5. The number of hydrogen-bond donors (Lipinski definition) is 1. The minimum atomic E-state index is -0.116. The van der Waals surface area contributed by atoms with Gasteiger partial charge in [-0.05, 0) is 31.5 Å². The molecule has 4 rings (SSSR count). The van der Waals surface area contributed by atoms with Crippen molar-refractivity contribution < 1.29 is 0 Å². The van der Waals surface area contributed by atoms with E-state index >= 15 is 0 Å². The van der Waals surface area contributed by atoms with Crippen LogP contribution < -0.4 is 5.56 Å². The molecule has 130 valence electrons. The minimum Gasteiger partial charge on any atom is -0.293 e. The second kappa shape index (κ2) is 6.59. The van der Waals surface area contributed by atoms with E-state index in [4.69, 9.17) is 16.6 Å². The Balaban J connectivity index is 1.93. The van der Waals surface area contributed by atoms with Crippen molar-refractivity contribution >= 4 is 22.9 Å². The summed E-state index contributed by atoms with van der Waals surface area (Å²) in [5.41, 5.74) is 4.75. The number of hydrogen-bond acceptors (Lipinski definition) is 3. The van der Waals surface area contributed by atoms with Crippen molar-refractivity contribution in [3.63, 3.8) is 0 Å². The molecule has 4 nitrogen and oxygen atoms in total. The first kappa shape index (κ1) is 16.8. The number of H-pyrrole nitrogens is 1. The van der Waals surface area contributed by atoms with Gasteiger partial charge in [0, 0.05) is 22.3 Å². The van der Waals surface area contributed by atoms with Crippen LogP contribution in [0.25, 0.3) is 26.8 Å². The van der Waals surface area contributed by atoms with Crippen LogP contribution in [0, 0.1) is 13.8 Å². The molecule has 2 aromatic carbocycles. The second-order valence-electron chi connectivity index (χ2n) is 6.16. The van der Waals surface area contributed by atoms with Crippen molar-refractivity contribution in [1.82, 2.24) is 14.8 Å². The highest BCUT2D eigenvalue weighted by Gasteiger charge is 2.17. The standard InChI is InChI=1S/C20H16ClN3OS/c1-12-3-5-15(6-4-12)19-18(14-7-9-16(21)10-8-14)22-20(26-19)24-17(25)11-13(2)23-24/h3-11,23H,1-2H3. The molecule has 4 aromatic rings. The zero-order chi connectivity index (χ0) is 18.3. The Hall–Kier alpha value is -2.63. The van der Waals surface area contributed by atoms with Crippen LogP contribution in [0.3, 0.4) is 0 Å². The van der Waals surface area contributed by atoms with Gasteiger partial charge in [0.1, 0.15) is 0 Å². The van der Waals surface area contributed by atoms with E-state index in [0.717, 1.165) is 27.4 Å². The molecule has 1 N–H and O–H groups in total. The van der Waals surface area contributed by atoms with Crippen LogP contribution in [0.2, 0.25) is 5.02 Å². The van der Waals surface area contributed by atoms with Gasteiger partial charge in [0.25, 0.3) is 5.56 Å². The van der Waals surface area contributed by atoms with Crippen LogP contribution in [0.15, 0.2) is 59.4 Å². The summed E-state index contributed by atoms with van der Waals surface area (Å²) in [5, 5.41) is 4.35. The van der Waals surface area contributed by atoms with Crippen molar-refractivity contribution in [1.29, 1.82) is 0 Å². The lowest BCUT2D eigenvalue weighted by Gasteiger charge is -2.03. The summed E-state index contributed by atoms with van der Waals surface area (Å²) in [4.78, 5) is 18.0. The Kier molecular flexibility index (Phi) is 4.26. The van der Waals surface area contributed by atoms with Crippen LogP contribution in [-0.4, -0.2) is 14.8 Å². The van der Waals surface area contributed by atoms with Gasteiger partial charge >= 0.3 is 0 Å². The van der Waals surface area contributed by atoms with Gasteiger partial charge in [-0.25, -0.2) is 4.98 Å². The van der Waals surface area contributed by atoms with Crippen LogP contribution in [0.5, 0.6) is 0 Å². The molecule has 0 amide bonds. The molecule has 0 unspecified atom stereocenters. The van der Waals surface area contributed by atoms with Gasteiger partial charge in [-0.3, -0.25) is 9.89 Å². The van der Waals surface area contributed by atoms with E-state index in [1.54, 1.807) is 6.07 Å². The van der Waals surface area contributed by atoms with E-state index in [1.165, 1.54) is 21.6 Å². The van der Waals surface area contributed by atoms with Gasteiger partial charge in [-0.2, -0.15) is 4.68 Å². The molecule has 0 spiro atoms. The van der Waals surface area contributed by atoms with Gasteiger partial charge in [0.05, 0.1) is 10.6 Å². The Morgan fingerprint density at radius 3 is 2.27 bits per heavy atom. The third kappa shape index (κ3) is 3.11. The van der Waals surface area contributed by atoms with E-state index in [0.29, 0.717) is 10.2 Å². The van der Waals surface area contributed by atoms with Crippen LogP contribution >= 0.6 is 22.9 Å². The summed E-state index contributed by atoms with van der Waals surface area (Å²) in [6.45, 7) is 3.91. The van der Waals surface area contributed by atoms with Crippen LogP contribution in [-0.2, 0) is 0 Å². The molecule has 0 saturated carbocycles. The lowest BCUT2D eigenvalue weighted by molar-refractivity contribution is 0.827. The number of halogens is 1. The van der Waals surface area contributed by atoms with Crippen molar-refractivity contribution in [2.45, 2.75) is 13.8 Å². The molecular formula is C20H16ClN3OS. The highest BCUT2D eigenvalue weighted by Crippen LogP contribution is 2.38. The summed E-state index contributed by atoms with van der Waals surface area (Å²) < 4.78 is 1.48. The number of thiazole rings is 1. The molecule has 2 aromatic heterocycles. The highest BCUT2D eigenvalue weighted by molar-refractivity contribution is 7.18. The molecule has 2 heterocycles. The molecule has 26 heavy (non-hydrogen) atoms. The third-order valence-electron chi connectivity index (χ3n) is 4.09. The fraction of sp³-hybridized carbons (Fsp3) is 0.100. The topological polar surface area (TPSA) is 50.7 Å². The molecule has 6 heteroatoms. The van der Waals surface area contributed by atoms with Gasteiger partial charge in [0.2, 0.25) is 5.13 Å². The number of aromatic amines is 1. The van der Waals surface area contributed by atoms with Crippen molar-refractivity contribution in [2.75, 3.05) is 0 Å². The SMILES string of the molecule is Cc1ccc(-c2sc(-n3[nH]c(C)cc3=O)nc2-c2ccc(Cl)cc2)cc1. The maximum Gasteiger partial charge on any atom is 0.273 e. The fourth-order valence-electron chi connectivity index (χ4n) is 2.76. The first-order valence-corrected chi connectivity index (χ1v) is 9.33. The third-order valence-corrected chi connectivity index (χ3v) is 5.43. The van der Waals surface area contributed by atoms with E-state index < -0.39 is 0 Å². The number of rotatable bonds is 3. The Morgan fingerprint density at radius 2 is 1.65 bits per heavy atom. The lowest BCUT2D eigenvalue weighted by Crippen LogP contribution is -2.12. The number of aromatic nitrogens is 3. The van der Waals surface area contributed by atoms with E-state index in [1.807, 2.05) is 31.2 Å². The van der Waals surface area contributed by atoms with Gasteiger partial charge in [0.15, 0.2) is 0 Å². The van der Waals surface area contributed by atoms with Crippen LogP contribution in [0.1, 0.15) is 11.3 Å². The molecule has 0 saturated heterocycles. The molecule has 0 fully saturated rings. The predicted molar refractivity (Wildman–Crippen MR) is 107 cm³/mol. The molecule has 0 aliphatic rings. The maximum atomic E-state index is 12.2. The van der Waals surface area contributed by atoms with Gasteiger partial charge in [-0.1, -0.05) is 64.9 Å². The zero-order valence-corrected chi connectivity index (χ0v) is 15.9. The quantitative estimate of drug-likeness (QED) is 0.528. The second-order valence-corrected chi connectivity index (χ2v) is 7.57. The average Bonchev–Trinajstić information content (AvgIpc) is 3.19. The van der Waals surface area contributed by atoms with Crippen molar-refractivity contribution in [3.05, 3.63) is 81.2 Å². The molecule has 0 aliphatic carbocycles. The van der Waals surface area contributed by atoms with Crippen LogP contribution in [0.4, 0.5) is 0 Å². The summed E-state index contributed by atoms with van der Waals surface area (Å²) in [5.74, 6) is 0. The van der Waals surface area contributed by atoms with E-state index in [2.05, 4.69) is 36.3 Å². The summed E-state index contributed by atoms with van der Waals surface area (Å²) in [6.07, 6.45) is 0. The van der Waals surface area contributed by atoms with Crippen molar-refractivity contribution in [2.24, 2.45) is 0 Å². The highest BCUT2D eigenvalue weighted by atomic mass is 35.5. The Bertz CT molecular complexity index is 1060. The maximum absolute atomic E-state index is 12.2. The van der Waals surface area contributed by atoms with Crippen molar-refractivity contribution in [3.8, 4) is 26.8 Å². The summed E-state index contributed by atoms with van der Waals surface area (Å²) in [7, 11) is 0. The van der Waals surface area contributed by atoms with E-state index in [-0.39, 0.29) is 5.56 Å². The molecule has 0 atom stereocenters. The molecular weight excluding hydrogens is 366 g/mol. The van der Waals surface area contributed by atoms with Gasteiger partial charge in [-0.15, -0.1) is 0 Å². The number of nitrogens with zero attached hydrogens (tertiary/aromatic N) is 2. The first-order chi connectivity index (χ1) is 12.5. The fourth-order valence-corrected chi connectivity index (χ4v) is 3.95. The van der Waals surface area contributed by atoms with Gasteiger partial charge < -0.3 is 0 Å². The molecule has 0 bridgehead atoms. The summed E-state index contributed by atoms with van der Waals surface area (Å²) >= 11 is 7.52. The van der Waals surface area contributed by atoms with E-state index in [9.17, 15) is 4.79 Å². The normalized spacial score (nSPS) is 11.0.